The molecule has 100 valence electrons. The lowest BCUT2D eigenvalue weighted by molar-refractivity contribution is 0.368. The van der Waals surface area contributed by atoms with Crippen LogP contribution >= 0.6 is 0 Å². The van der Waals surface area contributed by atoms with Crippen molar-refractivity contribution in [1.29, 1.82) is 0 Å². The van der Waals surface area contributed by atoms with Crippen LogP contribution in [0.3, 0.4) is 0 Å². The van der Waals surface area contributed by atoms with Crippen molar-refractivity contribution < 1.29 is 8.42 Å². The van der Waals surface area contributed by atoms with Crippen molar-refractivity contribution in [1.82, 2.24) is 9.29 Å². The molecule has 6 heteroatoms. The highest BCUT2D eigenvalue weighted by Crippen LogP contribution is 2.27. The molecule has 0 unspecified atom stereocenters. The number of sulfonamides is 1. The second kappa shape index (κ2) is 4.95. The number of aromatic nitrogens is 1. The first-order valence-electron chi connectivity index (χ1n) is 6.08. The fourth-order valence-corrected chi connectivity index (χ4v) is 3.85. The van der Waals surface area contributed by atoms with Gasteiger partial charge in [0, 0.05) is 31.5 Å². The van der Waals surface area contributed by atoms with E-state index in [1.165, 1.54) is 10.5 Å². The minimum absolute atomic E-state index is 0.0866. The lowest BCUT2D eigenvalue weighted by atomic mass is 9.92. The smallest absolute Gasteiger partial charge is 0.244 e. The van der Waals surface area contributed by atoms with Crippen LogP contribution in [-0.4, -0.2) is 36.8 Å². The molecule has 2 rings (SSSR count). The molecule has 0 aromatic carbocycles. The second-order valence-corrected chi connectivity index (χ2v) is 7.02. The maximum Gasteiger partial charge on any atom is 0.244 e. The molecule has 2 N–H and O–H groups in total. The summed E-state index contributed by atoms with van der Waals surface area (Å²) in [4.78, 5) is 4.10. The lowest BCUT2D eigenvalue weighted by Gasteiger charge is -2.18. The topological polar surface area (TPSA) is 76.3 Å². The molecule has 5 nitrogen and oxygen atoms in total. The molecule has 2 atom stereocenters. The third kappa shape index (κ3) is 2.41. The van der Waals surface area contributed by atoms with Crippen LogP contribution in [0.1, 0.15) is 13.8 Å². The Morgan fingerprint density at radius 1 is 1.44 bits per heavy atom. The van der Waals surface area contributed by atoms with E-state index in [0.717, 1.165) is 0 Å². The van der Waals surface area contributed by atoms with E-state index in [1.807, 2.05) is 0 Å². The van der Waals surface area contributed by atoms with Gasteiger partial charge in [0.15, 0.2) is 0 Å². The van der Waals surface area contributed by atoms with Crippen LogP contribution in [0.4, 0.5) is 0 Å². The molecule has 2 heterocycles. The van der Waals surface area contributed by atoms with Crippen LogP contribution in [0.2, 0.25) is 0 Å². The van der Waals surface area contributed by atoms with Crippen molar-refractivity contribution in [3.8, 4) is 0 Å². The van der Waals surface area contributed by atoms with E-state index in [4.69, 9.17) is 5.73 Å². The van der Waals surface area contributed by atoms with Gasteiger partial charge in [-0.25, -0.2) is 8.42 Å². The fourth-order valence-electron chi connectivity index (χ4n) is 2.37. The standard InChI is InChI=1S/C12H19N3O2S/c1-9(2)11-7-15(8-12(11)13)18(16,17)10-4-3-5-14-6-10/h3-6,9,11-12H,7-8,13H2,1-2H3/t11-,12+/m0/s1. The van der Waals surface area contributed by atoms with E-state index in [9.17, 15) is 8.42 Å². The van der Waals surface area contributed by atoms with Crippen molar-refractivity contribution in [2.45, 2.75) is 24.8 Å². The number of nitrogens with two attached hydrogens (primary N) is 1. The van der Waals surface area contributed by atoms with E-state index in [1.54, 1.807) is 18.3 Å². The van der Waals surface area contributed by atoms with Gasteiger partial charge in [-0.15, -0.1) is 0 Å². The Bertz CT molecular complexity index is 501. The summed E-state index contributed by atoms with van der Waals surface area (Å²) in [5.41, 5.74) is 6.02. The average Bonchev–Trinajstić information content (AvgIpc) is 2.73. The van der Waals surface area contributed by atoms with E-state index in [2.05, 4.69) is 18.8 Å². The van der Waals surface area contributed by atoms with Crippen molar-refractivity contribution in [3.63, 3.8) is 0 Å². The maximum atomic E-state index is 12.4. The minimum Gasteiger partial charge on any atom is -0.326 e. The summed E-state index contributed by atoms with van der Waals surface area (Å²) in [7, 11) is -3.45. The molecule has 1 aliphatic heterocycles. The number of rotatable bonds is 3. The van der Waals surface area contributed by atoms with Crippen LogP contribution in [0.15, 0.2) is 29.4 Å². The van der Waals surface area contributed by atoms with E-state index < -0.39 is 10.0 Å². The monoisotopic (exact) mass is 269 g/mol. The van der Waals surface area contributed by atoms with Crippen LogP contribution in [-0.2, 0) is 10.0 Å². The molecule has 1 aliphatic rings. The molecule has 0 aliphatic carbocycles. The van der Waals surface area contributed by atoms with Gasteiger partial charge in [0.2, 0.25) is 10.0 Å². The summed E-state index contributed by atoms with van der Waals surface area (Å²) in [5, 5.41) is 0. The number of pyridine rings is 1. The largest absolute Gasteiger partial charge is 0.326 e. The SMILES string of the molecule is CC(C)[C@@H]1CN(S(=O)(=O)c2cccnc2)C[C@H]1N. The third-order valence-electron chi connectivity index (χ3n) is 3.51. The first-order valence-corrected chi connectivity index (χ1v) is 7.52. The average molecular weight is 269 g/mol. The number of nitrogens with zero attached hydrogens (tertiary/aromatic N) is 2. The molecule has 1 fully saturated rings. The van der Waals surface area contributed by atoms with Crippen LogP contribution < -0.4 is 5.73 Å². The summed E-state index contributed by atoms with van der Waals surface area (Å²) >= 11 is 0. The quantitative estimate of drug-likeness (QED) is 0.875. The lowest BCUT2D eigenvalue weighted by Crippen LogP contribution is -2.33. The second-order valence-electron chi connectivity index (χ2n) is 5.08. The van der Waals surface area contributed by atoms with Crippen LogP contribution in [0.25, 0.3) is 0 Å². The van der Waals surface area contributed by atoms with Crippen LogP contribution in [0, 0.1) is 11.8 Å². The highest BCUT2D eigenvalue weighted by molar-refractivity contribution is 7.89. The van der Waals surface area contributed by atoms with E-state index in [-0.39, 0.29) is 16.9 Å². The van der Waals surface area contributed by atoms with Crippen molar-refractivity contribution >= 4 is 10.0 Å². The molecule has 0 amide bonds. The molecule has 18 heavy (non-hydrogen) atoms. The van der Waals surface area contributed by atoms with Gasteiger partial charge in [0.05, 0.1) is 0 Å². The fraction of sp³-hybridized carbons (Fsp3) is 0.583. The third-order valence-corrected chi connectivity index (χ3v) is 5.32. The zero-order valence-electron chi connectivity index (χ0n) is 10.7. The first-order chi connectivity index (χ1) is 8.43. The summed E-state index contributed by atoms with van der Waals surface area (Å²) in [5.74, 6) is 0.602. The highest BCUT2D eigenvalue weighted by atomic mass is 32.2. The maximum absolute atomic E-state index is 12.4. The van der Waals surface area contributed by atoms with Gasteiger partial charge >= 0.3 is 0 Å². The molecule has 1 aromatic heterocycles. The number of hydrogen-bond acceptors (Lipinski definition) is 4. The van der Waals surface area contributed by atoms with E-state index in [0.29, 0.717) is 19.0 Å². The molecule has 0 spiro atoms. The molecule has 0 saturated carbocycles. The minimum atomic E-state index is -3.45. The highest BCUT2D eigenvalue weighted by Gasteiger charge is 2.38. The zero-order chi connectivity index (χ0) is 13.3. The molecular weight excluding hydrogens is 250 g/mol. The van der Waals surface area contributed by atoms with Crippen molar-refractivity contribution in [2.24, 2.45) is 17.6 Å². The molecular formula is C12H19N3O2S. The molecule has 0 bridgehead atoms. The Morgan fingerprint density at radius 3 is 2.67 bits per heavy atom. The van der Waals surface area contributed by atoms with Gasteiger partial charge in [-0.05, 0) is 24.0 Å². The van der Waals surface area contributed by atoms with Gasteiger partial charge in [-0.1, -0.05) is 13.8 Å². The summed E-state index contributed by atoms with van der Waals surface area (Å²) in [6, 6.07) is 3.11. The predicted octanol–water partition coefficient (Wildman–Crippen LogP) is 0.685. The number of hydrogen-bond donors (Lipinski definition) is 1. The zero-order valence-corrected chi connectivity index (χ0v) is 11.5. The van der Waals surface area contributed by atoms with Gasteiger partial charge < -0.3 is 5.73 Å². The van der Waals surface area contributed by atoms with E-state index >= 15 is 0 Å². The Morgan fingerprint density at radius 2 is 2.17 bits per heavy atom. The van der Waals surface area contributed by atoms with Gasteiger partial charge in [0.25, 0.3) is 0 Å². The summed E-state index contributed by atoms with van der Waals surface area (Å²) in [6.07, 6.45) is 2.94. The first kappa shape index (κ1) is 13.5. The molecule has 0 radical (unpaired) electrons. The van der Waals surface area contributed by atoms with Gasteiger partial charge in [-0.3, -0.25) is 4.98 Å². The Labute approximate surface area is 108 Å². The van der Waals surface area contributed by atoms with Gasteiger partial charge in [0.1, 0.15) is 4.90 Å². The normalized spacial score (nSPS) is 25.8. The summed E-state index contributed by atoms with van der Waals surface area (Å²) in [6.45, 7) is 5.03. The predicted molar refractivity (Wildman–Crippen MR) is 69.3 cm³/mol. The van der Waals surface area contributed by atoms with Crippen molar-refractivity contribution in [2.75, 3.05) is 13.1 Å². The van der Waals surface area contributed by atoms with Crippen molar-refractivity contribution in [3.05, 3.63) is 24.5 Å². The molecule has 1 aromatic rings. The molecule has 1 saturated heterocycles. The Kier molecular flexibility index (Phi) is 3.70. The Balaban J connectivity index is 2.24. The van der Waals surface area contributed by atoms with Crippen LogP contribution in [0.5, 0.6) is 0 Å². The van der Waals surface area contributed by atoms with Gasteiger partial charge in [-0.2, -0.15) is 4.31 Å². The Hall–Kier alpha value is -0.980. The summed E-state index contributed by atoms with van der Waals surface area (Å²) < 4.78 is 26.2.